The molecular formula is C114H111N21O9S3. The highest BCUT2D eigenvalue weighted by Crippen LogP contribution is 2.48. The average Bonchev–Trinajstić information content (AvgIpc) is 1.64. The maximum absolute atomic E-state index is 9.73. The van der Waals surface area contributed by atoms with Crippen molar-refractivity contribution in [3.63, 3.8) is 0 Å². The van der Waals surface area contributed by atoms with Gasteiger partial charge in [0, 0.05) is 124 Å². The molecule has 0 N–H and O–H groups in total. The summed E-state index contributed by atoms with van der Waals surface area (Å²) in [7, 11) is 7.58. The lowest BCUT2D eigenvalue weighted by Gasteiger charge is -2.45. The van der Waals surface area contributed by atoms with Crippen molar-refractivity contribution < 1.29 is 42.6 Å². The standard InChI is InChI=1S/C114H111N21O9S3/c1-73-101(121-108(145-73)78-22-18-16-19-23-78)103-107(147-110(123-103)79-24-20-17-21-25-79)102-74(2)146-109(122-102)80-35-46-93(47-36-80)137-72-97-104(138-69-87-66-133(127-124-87)51-48-130(12)90-37-26-75(27-38-90)32-43-94-54-81(84(60-115)61-116)57-98(141-94)112(3,4)5)105(139-70-88-67-134(128-125-88)52-49-131(13)91-39-28-76(29-40-91)33-44-95-55-82(85(62-117)63-118)58-99(142-95)113(6,7)8)106(111(136-15)144-97)140-71-89-68-135(129-126-89)53-50-132(14)92-41-30-77(31-42-92)34-45-96-56-83(86(64-119)65-120)59-100(143-96)114(9,10)11/h16-47,54-59,66-68,97,104-106,111H,48-53,69-72H2,1-15H3/b43-32+,44-33+,45-34+/t97-,104-,105+,106-,111+/m1/s1. The van der Waals surface area contributed by atoms with Gasteiger partial charge in [-0.3, -0.25) is 14.0 Å². The Morgan fingerprint density at radius 2 is 0.741 bits per heavy atom. The van der Waals surface area contributed by atoms with Crippen LogP contribution in [0, 0.1) is 98.1 Å². The van der Waals surface area contributed by atoms with E-state index in [4.69, 9.17) is 57.6 Å². The van der Waals surface area contributed by atoms with Crippen LogP contribution in [0.3, 0.4) is 0 Å². The Hall–Kier alpha value is -16.2. The molecule has 12 aromatic rings. The summed E-state index contributed by atoms with van der Waals surface area (Å²) in [6.45, 7) is 25.2. The fourth-order valence-corrected chi connectivity index (χ4v) is 19.2. The van der Waals surface area contributed by atoms with Gasteiger partial charge in [-0.2, -0.15) is 31.6 Å². The van der Waals surface area contributed by atoms with Crippen LogP contribution < -0.4 is 19.4 Å². The second-order valence-corrected chi connectivity index (χ2v) is 42.0. The van der Waals surface area contributed by atoms with E-state index in [2.05, 4.69) is 83.7 Å². The Balaban J connectivity index is 0.650. The summed E-state index contributed by atoms with van der Waals surface area (Å²) in [5.74, 6) is 4.01. The number of rotatable bonds is 36. The van der Waals surface area contributed by atoms with Crippen molar-refractivity contribution in [3.8, 4) is 95.8 Å². The number of nitriles is 6. The molecule has 6 aromatic carbocycles. The maximum atomic E-state index is 9.73. The van der Waals surface area contributed by atoms with E-state index in [0.717, 1.165) is 97.2 Å². The van der Waals surface area contributed by atoms with Crippen molar-refractivity contribution in [2.24, 2.45) is 16.2 Å². The SMILES string of the molecule is CO[C@H]1O[C@H](COc2ccc(-c3nc(-c4sc(-c5ccccc5)nc4-c4nc(-c5ccccc5)sc4C)c(C)s3)cc2)[C@@H](OCc2cn(CCN(C)c3ccc(/C=C/C4=CC(=C(C#N)C#N)C=C(C(C)(C)C)O4)cc3)nn2)[C@H](OCc2cn(CCN(C)c3ccc(/C=C/C4=CC(=C(C#N)C#N)C=C(C(C)(C)C)O4)cc3)nn2)[C@H]1OCc1cn(CCN(C)c2ccc(/C=C/C3=CC(=C(C#N)C#N)C=C(C(C)(C)C)O3)cc2)nn1. The molecule has 10 heterocycles. The average molecular weight is 2020 g/mol. The quantitative estimate of drug-likeness (QED) is 0.0329. The maximum Gasteiger partial charge on any atom is 0.186 e. The first kappa shape index (κ1) is 104. The van der Waals surface area contributed by atoms with Crippen LogP contribution in [0.15, 0.2) is 299 Å². The number of hydrogen-bond donors (Lipinski definition) is 0. The number of aromatic nitrogens is 12. The molecule has 33 heteroatoms. The van der Waals surface area contributed by atoms with E-state index >= 15 is 0 Å². The van der Waals surface area contributed by atoms with Gasteiger partial charge in [-0.1, -0.05) is 193 Å². The molecule has 147 heavy (non-hydrogen) atoms. The second kappa shape index (κ2) is 46.7. The van der Waals surface area contributed by atoms with Crippen LogP contribution in [0.25, 0.3) is 71.9 Å². The van der Waals surface area contributed by atoms with Gasteiger partial charge in [0.1, 0.15) is 168 Å². The fraction of sp³-hybridized carbons (Fsp3) is 0.289. The third-order valence-electron chi connectivity index (χ3n) is 24.6. The van der Waals surface area contributed by atoms with Gasteiger partial charge in [0.25, 0.3) is 0 Å². The molecule has 4 aliphatic rings. The van der Waals surface area contributed by atoms with Gasteiger partial charge in [0.15, 0.2) is 6.29 Å². The highest BCUT2D eigenvalue weighted by Gasteiger charge is 2.50. The van der Waals surface area contributed by atoms with Crippen molar-refractivity contribution in [2.75, 3.05) is 69.2 Å². The molecule has 5 atom stereocenters. The fourth-order valence-electron chi connectivity index (χ4n) is 16.1. The number of hydrogen-bond acceptors (Lipinski definition) is 30. The Morgan fingerprint density at radius 1 is 0.401 bits per heavy atom. The zero-order chi connectivity index (χ0) is 104. The summed E-state index contributed by atoms with van der Waals surface area (Å²) >= 11 is 4.87. The summed E-state index contributed by atoms with van der Waals surface area (Å²) in [6, 6.07) is 64.6. The van der Waals surface area contributed by atoms with Gasteiger partial charge in [0.2, 0.25) is 0 Å². The molecule has 0 saturated carbocycles. The number of nitrogens with zero attached hydrogens (tertiary/aromatic N) is 21. The predicted octanol–water partition coefficient (Wildman–Crippen LogP) is 22.3. The van der Waals surface area contributed by atoms with E-state index in [1.807, 2.05) is 308 Å². The number of allylic oxidation sites excluding steroid dienone is 18. The van der Waals surface area contributed by atoms with Gasteiger partial charge in [-0.25, -0.2) is 15.0 Å². The van der Waals surface area contributed by atoms with Gasteiger partial charge in [-0.15, -0.1) is 49.3 Å². The summed E-state index contributed by atoms with van der Waals surface area (Å²) in [5, 5.41) is 88.6. The molecule has 0 bridgehead atoms. The molecule has 16 rings (SSSR count). The zero-order valence-electron chi connectivity index (χ0n) is 84.4. The highest BCUT2D eigenvalue weighted by molar-refractivity contribution is 7.20. The first-order valence-electron chi connectivity index (χ1n) is 47.8. The van der Waals surface area contributed by atoms with Crippen molar-refractivity contribution in [1.29, 1.82) is 31.6 Å². The summed E-state index contributed by atoms with van der Waals surface area (Å²) < 4.78 is 65.6. The Labute approximate surface area is 867 Å². The third kappa shape index (κ3) is 26.2. The number of likely N-dealkylation sites (N-methyl/N-ethyl adjacent to an activating group) is 3. The minimum Gasteiger partial charge on any atom is -0.491 e. The molecule has 0 spiro atoms. The van der Waals surface area contributed by atoms with Crippen LogP contribution in [-0.4, -0.2) is 145 Å². The molecular weight excluding hydrogens is 1900 g/mol. The van der Waals surface area contributed by atoms with Crippen LogP contribution in [0.5, 0.6) is 5.75 Å². The molecule has 30 nitrogen and oxygen atoms in total. The number of thiazole rings is 3. The molecule has 0 radical (unpaired) electrons. The molecule has 1 fully saturated rings. The monoisotopic (exact) mass is 2010 g/mol. The van der Waals surface area contributed by atoms with Crippen molar-refractivity contribution in [2.45, 2.75) is 146 Å². The summed E-state index contributed by atoms with van der Waals surface area (Å²) in [6.07, 6.45) is 22.3. The largest absolute Gasteiger partial charge is 0.491 e. The molecule has 4 aliphatic heterocycles. The number of aryl methyl sites for hydroxylation is 2. The molecule has 744 valence electrons. The number of methoxy groups -OCH3 is 1. The summed E-state index contributed by atoms with van der Waals surface area (Å²) in [5.41, 5.74) is 13.0. The smallest absolute Gasteiger partial charge is 0.186 e. The van der Waals surface area contributed by atoms with E-state index in [1.54, 1.807) is 91.6 Å². The molecule has 0 aliphatic carbocycles. The van der Waals surface area contributed by atoms with E-state index in [-0.39, 0.29) is 59.4 Å². The molecule has 0 unspecified atom stereocenters. The predicted molar refractivity (Wildman–Crippen MR) is 568 cm³/mol. The second-order valence-electron chi connectivity index (χ2n) is 38.6. The Kier molecular flexibility index (Phi) is 33.0. The van der Waals surface area contributed by atoms with Gasteiger partial charge in [-0.05, 0) is 146 Å². The first-order chi connectivity index (χ1) is 70.9. The first-order valence-corrected chi connectivity index (χ1v) is 50.3. The van der Waals surface area contributed by atoms with Crippen molar-refractivity contribution in [3.05, 3.63) is 343 Å². The molecule has 6 aromatic heterocycles. The Bertz CT molecular complexity index is 7420. The van der Waals surface area contributed by atoms with E-state index in [9.17, 15) is 31.6 Å². The topological polar surface area (TPSA) is 366 Å². The zero-order valence-corrected chi connectivity index (χ0v) is 86.9. The van der Waals surface area contributed by atoms with Gasteiger partial charge in [0.05, 0.1) is 68.6 Å². The van der Waals surface area contributed by atoms with E-state index in [0.29, 0.717) is 113 Å². The lowest BCUT2D eigenvalue weighted by molar-refractivity contribution is -0.320. The summed E-state index contributed by atoms with van der Waals surface area (Å²) in [4.78, 5) is 25.3. The molecule has 1 saturated heterocycles. The number of anilines is 3. The lowest BCUT2D eigenvalue weighted by atomic mass is 9.90. The van der Waals surface area contributed by atoms with Crippen molar-refractivity contribution >= 4 is 69.3 Å². The minimum atomic E-state index is -1.07. The van der Waals surface area contributed by atoms with Crippen molar-refractivity contribution in [1.82, 2.24) is 59.9 Å². The van der Waals surface area contributed by atoms with Crippen LogP contribution in [0.1, 0.15) is 106 Å². The third-order valence-corrected chi connectivity index (χ3v) is 27.7. The van der Waals surface area contributed by atoms with Crippen LogP contribution in [0.4, 0.5) is 17.1 Å². The number of benzene rings is 6. The van der Waals surface area contributed by atoms with Crippen LogP contribution in [0.2, 0.25) is 0 Å². The minimum absolute atomic E-state index is 0.00706. The normalized spacial score (nSPS) is 16.4. The Morgan fingerprint density at radius 3 is 1.11 bits per heavy atom. The van der Waals surface area contributed by atoms with Crippen LogP contribution in [-0.2, 0) is 77.3 Å². The molecule has 0 amide bonds. The van der Waals surface area contributed by atoms with E-state index < -0.39 is 30.7 Å². The number of ether oxygens (including phenoxy) is 9. The highest BCUT2D eigenvalue weighted by atomic mass is 32.1. The van der Waals surface area contributed by atoms with Crippen LogP contribution >= 0.6 is 34.0 Å². The lowest BCUT2D eigenvalue weighted by Crippen LogP contribution is -2.61. The van der Waals surface area contributed by atoms with Gasteiger partial charge < -0.3 is 57.3 Å². The van der Waals surface area contributed by atoms with Gasteiger partial charge >= 0.3 is 0 Å². The van der Waals surface area contributed by atoms with E-state index in [1.165, 1.54) is 0 Å².